The van der Waals surface area contributed by atoms with Crippen molar-refractivity contribution in [1.29, 1.82) is 0 Å². The first-order chi connectivity index (χ1) is 10.2. The van der Waals surface area contributed by atoms with Crippen molar-refractivity contribution in [3.63, 3.8) is 0 Å². The third kappa shape index (κ3) is 4.36. The molecule has 0 saturated heterocycles. The molecule has 0 amide bonds. The number of hydrogen-bond acceptors (Lipinski definition) is 4. The Morgan fingerprint density at radius 2 is 1.95 bits per heavy atom. The van der Waals surface area contributed by atoms with Gasteiger partial charge in [0.1, 0.15) is 18.1 Å². The number of hydrogen-bond donors (Lipinski definition) is 2. The molecule has 5 heteroatoms. The Hall–Kier alpha value is -1.75. The molecular formula is C16H19ClN2O2. The Kier molecular flexibility index (Phi) is 5.87. The number of benzene rings is 2. The molecule has 0 aromatic heterocycles. The van der Waals surface area contributed by atoms with Crippen LogP contribution in [0.15, 0.2) is 48.5 Å². The molecule has 1 unspecified atom stereocenters. The predicted molar refractivity (Wildman–Crippen MR) is 84.6 cm³/mol. The molecular weight excluding hydrogens is 288 g/mol. The van der Waals surface area contributed by atoms with Crippen molar-refractivity contribution in [2.24, 2.45) is 5.84 Å². The summed E-state index contributed by atoms with van der Waals surface area (Å²) in [5, 5.41) is 0.638. The molecule has 2 aromatic rings. The first-order valence-electron chi connectivity index (χ1n) is 6.80. The smallest absolute Gasteiger partial charge is 0.124 e. The van der Waals surface area contributed by atoms with Crippen molar-refractivity contribution in [3.05, 3.63) is 59.1 Å². The first kappa shape index (κ1) is 15.6. The average molecular weight is 307 g/mol. The fourth-order valence-corrected chi connectivity index (χ4v) is 2.20. The Morgan fingerprint density at radius 1 is 1.14 bits per heavy atom. The van der Waals surface area contributed by atoms with Gasteiger partial charge in [-0.05, 0) is 31.2 Å². The summed E-state index contributed by atoms with van der Waals surface area (Å²) >= 11 is 5.94. The fourth-order valence-electron chi connectivity index (χ4n) is 2.02. The van der Waals surface area contributed by atoms with Crippen molar-refractivity contribution < 1.29 is 9.47 Å². The second-order valence-corrected chi connectivity index (χ2v) is 4.89. The Balaban J connectivity index is 2.09. The normalized spacial score (nSPS) is 12.0. The topological polar surface area (TPSA) is 56.5 Å². The fraction of sp³-hybridized carbons (Fsp3) is 0.250. The van der Waals surface area contributed by atoms with Gasteiger partial charge in [0.15, 0.2) is 0 Å². The molecule has 0 aliphatic carbocycles. The second kappa shape index (κ2) is 7.88. The highest BCUT2D eigenvalue weighted by Crippen LogP contribution is 2.26. The molecule has 0 bridgehead atoms. The summed E-state index contributed by atoms with van der Waals surface area (Å²) in [5.74, 6) is 7.16. The largest absolute Gasteiger partial charge is 0.494 e. The number of nitrogens with one attached hydrogen (secondary N) is 1. The van der Waals surface area contributed by atoms with Gasteiger partial charge in [-0.1, -0.05) is 35.9 Å². The third-order valence-corrected chi connectivity index (χ3v) is 3.24. The van der Waals surface area contributed by atoms with Crippen LogP contribution in [0.25, 0.3) is 0 Å². The SMILES string of the molecule is CCOc1ccccc1C(COc1cccc(Cl)c1)NN. The molecule has 0 aliphatic rings. The zero-order chi connectivity index (χ0) is 15.1. The van der Waals surface area contributed by atoms with E-state index in [4.69, 9.17) is 26.9 Å². The lowest BCUT2D eigenvalue weighted by molar-refractivity contribution is 0.260. The maximum atomic E-state index is 5.94. The summed E-state index contributed by atoms with van der Waals surface area (Å²) < 4.78 is 11.4. The van der Waals surface area contributed by atoms with Crippen LogP contribution >= 0.6 is 11.6 Å². The highest BCUT2D eigenvalue weighted by molar-refractivity contribution is 6.30. The van der Waals surface area contributed by atoms with Gasteiger partial charge in [-0.15, -0.1) is 0 Å². The van der Waals surface area contributed by atoms with E-state index in [-0.39, 0.29) is 6.04 Å². The van der Waals surface area contributed by atoms with Crippen molar-refractivity contribution in [3.8, 4) is 11.5 Å². The van der Waals surface area contributed by atoms with Crippen LogP contribution < -0.4 is 20.7 Å². The van der Waals surface area contributed by atoms with Crippen LogP contribution in [0.4, 0.5) is 0 Å². The van der Waals surface area contributed by atoms with Crippen molar-refractivity contribution in [2.75, 3.05) is 13.2 Å². The molecule has 0 heterocycles. The zero-order valence-corrected chi connectivity index (χ0v) is 12.6. The number of rotatable bonds is 7. The lowest BCUT2D eigenvalue weighted by Crippen LogP contribution is -2.32. The highest BCUT2D eigenvalue weighted by atomic mass is 35.5. The van der Waals surface area contributed by atoms with Gasteiger partial charge in [-0.2, -0.15) is 0 Å². The maximum Gasteiger partial charge on any atom is 0.124 e. The molecule has 0 saturated carbocycles. The molecule has 1 atom stereocenters. The van der Waals surface area contributed by atoms with Crippen LogP contribution in [-0.2, 0) is 0 Å². The molecule has 2 rings (SSSR count). The van der Waals surface area contributed by atoms with Crippen LogP contribution in [0.5, 0.6) is 11.5 Å². The molecule has 112 valence electrons. The second-order valence-electron chi connectivity index (χ2n) is 4.46. The minimum Gasteiger partial charge on any atom is -0.494 e. The van der Waals surface area contributed by atoms with Gasteiger partial charge in [0, 0.05) is 10.6 Å². The third-order valence-electron chi connectivity index (χ3n) is 3.01. The lowest BCUT2D eigenvalue weighted by Gasteiger charge is -2.20. The summed E-state index contributed by atoms with van der Waals surface area (Å²) in [4.78, 5) is 0. The molecule has 0 aliphatic heterocycles. The van der Waals surface area contributed by atoms with E-state index in [1.807, 2.05) is 43.3 Å². The number of para-hydroxylation sites is 1. The quantitative estimate of drug-likeness (QED) is 0.608. The van der Waals surface area contributed by atoms with Crippen molar-refractivity contribution in [1.82, 2.24) is 5.43 Å². The number of hydrazine groups is 1. The number of ether oxygens (including phenoxy) is 2. The Labute approximate surface area is 129 Å². The summed E-state index contributed by atoms with van der Waals surface area (Å²) in [6.45, 7) is 2.93. The minimum absolute atomic E-state index is 0.174. The van der Waals surface area contributed by atoms with E-state index in [1.54, 1.807) is 12.1 Å². The van der Waals surface area contributed by atoms with E-state index in [9.17, 15) is 0 Å². The van der Waals surface area contributed by atoms with Gasteiger partial charge in [0.2, 0.25) is 0 Å². The molecule has 21 heavy (non-hydrogen) atoms. The van der Waals surface area contributed by atoms with E-state index in [0.29, 0.717) is 24.0 Å². The Bertz CT molecular complexity index is 578. The van der Waals surface area contributed by atoms with Crippen LogP contribution in [0, 0.1) is 0 Å². The Morgan fingerprint density at radius 3 is 2.67 bits per heavy atom. The van der Waals surface area contributed by atoms with Gasteiger partial charge >= 0.3 is 0 Å². The summed E-state index contributed by atoms with van der Waals surface area (Å²) in [6.07, 6.45) is 0. The van der Waals surface area contributed by atoms with E-state index >= 15 is 0 Å². The number of halogens is 1. The van der Waals surface area contributed by atoms with Crippen LogP contribution in [0.1, 0.15) is 18.5 Å². The van der Waals surface area contributed by atoms with Gasteiger partial charge in [-0.3, -0.25) is 5.84 Å². The van der Waals surface area contributed by atoms with Gasteiger partial charge < -0.3 is 9.47 Å². The van der Waals surface area contributed by atoms with Gasteiger partial charge in [-0.25, -0.2) is 5.43 Å². The van der Waals surface area contributed by atoms with Crippen molar-refractivity contribution in [2.45, 2.75) is 13.0 Å². The van der Waals surface area contributed by atoms with E-state index in [0.717, 1.165) is 11.3 Å². The van der Waals surface area contributed by atoms with E-state index < -0.39 is 0 Å². The average Bonchev–Trinajstić information content (AvgIpc) is 2.50. The summed E-state index contributed by atoms with van der Waals surface area (Å²) in [7, 11) is 0. The summed E-state index contributed by atoms with van der Waals surface area (Å²) in [5.41, 5.74) is 3.73. The lowest BCUT2D eigenvalue weighted by atomic mass is 10.1. The van der Waals surface area contributed by atoms with E-state index in [1.165, 1.54) is 0 Å². The predicted octanol–water partition coefficient (Wildman–Crippen LogP) is 3.32. The molecule has 2 aromatic carbocycles. The molecule has 0 fully saturated rings. The van der Waals surface area contributed by atoms with Crippen LogP contribution in [0.2, 0.25) is 5.02 Å². The standard InChI is InChI=1S/C16H19ClN2O2/c1-2-20-16-9-4-3-8-14(16)15(19-18)11-21-13-7-5-6-12(17)10-13/h3-10,15,19H,2,11,18H2,1H3. The summed E-state index contributed by atoms with van der Waals surface area (Å²) in [6, 6.07) is 14.9. The molecule has 3 N–H and O–H groups in total. The highest BCUT2D eigenvalue weighted by Gasteiger charge is 2.15. The van der Waals surface area contributed by atoms with Crippen LogP contribution in [-0.4, -0.2) is 13.2 Å². The molecule has 0 radical (unpaired) electrons. The zero-order valence-electron chi connectivity index (χ0n) is 11.9. The molecule has 4 nitrogen and oxygen atoms in total. The molecule has 0 spiro atoms. The first-order valence-corrected chi connectivity index (χ1v) is 7.18. The van der Waals surface area contributed by atoms with Crippen LogP contribution in [0.3, 0.4) is 0 Å². The monoisotopic (exact) mass is 306 g/mol. The van der Waals surface area contributed by atoms with Gasteiger partial charge in [0.05, 0.1) is 12.6 Å². The van der Waals surface area contributed by atoms with Gasteiger partial charge in [0.25, 0.3) is 0 Å². The number of nitrogens with two attached hydrogens (primary N) is 1. The van der Waals surface area contributed by atoms with E-state index in [2.05, 4.69) is 5.43 Å². The van der Waals surface area contributed by atoms with Crippen molar-refractivity contribution >= 4 is 11.6 Å². The maximum absolute atomic E-state index is 5.94. The minimum atomic E-state index is -0.174.